The highest BCUT2D eigenvalue weighted by molar-refractivity contribution is 5.31. The summed E-state index contributed by atoms with van der Waals surface area (Å²) < 4.78 is 5.81. The summed E-state index contributed by atoms with van der Waals surface area (Å²) in [6, 6.07) is 17.6. The third kappa shape index (κ3) is 4.06. The molecule has 0 aliphatic rings. The Morgan fingerprint density at radius 2 is 1.81 bits per heavy atom. The Bertz CT molecular complexity index is 566. The molecule has 3 nitrogen and oxygen atoms in total. The lowest BCUT2D eigenvalue weighted by molar-refractivity contribution is 0.132. The summed E-state index contributed by atoms with van der Waals surface area (Å²) in [6.45, 7) is 4.48. The van der Waals surface area contributed by atoms with Crippen molar-refractivity contribution in [2.24, 2.45) is 11.1 Å². The largest absolute Gasteiger partial charge is 0.489 e. The van der Waals surface area contributed by atoms with Crippen LogP contribution in [0, 0.1) is 5.41 Å². The standard InChI is InChI=1S/C18H23NO2/c1-18(2,13-20)17(19)15-9-6-10-16(11-15)21-12-14-7-4-3-5-8-14/h3-11,17,20H,12-13,19H2,1-2H3/t17-/m0/s1. The quantitative estimate of drug-likeness (QED) is 0.856. The van der Waals surface area contributed by atoms with Gasteiger partial charge in [-0.15, -0.1) is 0 Å². The number of hydrogen-bond donors (Lipinski definition) is 2. The molecule has 0 amide bonds. The van der Waals surface area contributed by atoms with E-state index in [2.05, 4.69) is 0 Å². The maximum atomic E-state index is 9.44. The molecule has 0 aliphatic carbocycles. The first kappa shape index (κ1) is 15.5. The van der Waals surface area contributed by atoms with Crippen molar-refractivity contribution in [1.29, 1.82) is 0 Å². The number of aliphatic hydroxyl groups is 1. The molecule has 2 aromatic carbocycles. The molecule has 0 fully saturated rings. The second-order valence-electron chi connectivity index (χ2n) is 5.97. The van der Waals surface area contributed by atoms with Crippen molar-refractivity contribution in [3.05, 3.63) is 65.7 Å². The molecule has 3 heteroatoms. The molecule has 2 rings (SSSR count). The third-order valence-electron chi connectivity index (χ3n) is 3.71. The molecule has 0 aromatic heterocycles. The van der Waals surface area contributed by atoms with Crippen LogP contribution in [0.5, 0.6) is 5.75 Å². The molecule has 0 saturated heterocycles. The van der Waals surface area contributed by atoms with Crippen LogP contribution in [0.1, 0.15) is 31.0 Å². The van der Waals surface area contributed by atoms with E-state index in [0.29, 0.717) is 6.61 Å². The summed E-state index contributed by atoms with van der Waals surface area (Å²) in [4.78, 5) is 0. The summed E-state index contributed by atoms with van der Waals surface area (Å²) >= 11 is 0. The van der Waals surface area contributed by atoms with Gasteiger partial charge in [-0.25, -0.2) is 0 Å². The molecule has 1 atom stereocenters. The minimum absolute atomic E-state index is 0.0449. The van der Waals surface area contributed by atoms with Gasteiger partial charge in [-0.2, -0.15) is 0 Å². The van der Waals surface area contributed by atoms with Crippen LogP contribution in [0.25, 0.3) is 0 Å². The molecule has 0 aliphatic heterocycles. The van der Waals surface area contributed by atoms with Crippen LogP contribution in [0.15, 0.2) is 54.6 Å². The highest BCUT2D eigenvalue weighted by Gasteiger charge is 2.27. The predicted octanol–water partition coefficient (Wildman–Crippen LogP) is 3.28. The van der Waals surface area contributed by atoms with Gasteiger partial charge in [0.05, 0.1) is 0 Å². The van der Waals surface area contributed by atoms with Crippen molar-refractivity contribution < 1.29 is 9.84 Å². The Kier molecular flexibility index (Phi) is 4.99. The first-order valence-corrected chi connectivity index (χ1v) is 7.16. The summed E-state index contributed by atoms with van der Waals surface area (Å²) in [5, 5.41) is 9.44. The molecule has 3 N–H and O–H groups in total. The summed E-state index contributed by atoms with van der Waals surface area (Å²) in [6.07, 6.45) is 0. The number of nitrogens with two attached hydrogens (primary N) is 1. The topological polar surface area (TPSA) is 55.5 Å². The predicted molar refractivity (Wildman–Crippen MR) is 85.0 cm³/mol. The number of ether oxygens (including phenoxy) is 1. The van der Waals surface area contributed by atoms with Gasteiger partial charge in [0.2, 0.25) is 0 Å². The highest BCUT2D eigenvalue weighted by atomic mass is 16.5. The lowest BCUT2D eigenvalue weighted by atomic mass is 9.82. The van der Waals surface area contributed by atoms with Crippen LogP contribution < -0.4 is 10.5 Å². The Labute approximate surface area is 126 Å². The number of hydrogen-bond acceptors (Lipinski definition) is 3. The minimum Gasteiger partial charge on any atom is -0.489 e. The van der Waals surface area contributed by atoms with E-state index in [-0.39, 0.29) is 18.1 Å². The molecule has 2 aromatic rings. The van der Waals surface area contributed by atoms with Crippen LogP contribution in [0.2, 0.25) is 0 Å². The van der Waals surface area contributed by atoms with Crippen molar-refractivity contribution in [3.63, 3.8) is 0 Å². The van der Waals surface area contributed by atoms with Crippen LogP contribution >= 0.6 is 0 Å². The average Bonchev–Trinajstić information content (AvgIpc) is 2.53. The molecule has 0 heterocycles. The fourth-order valence-electron chi connectivity index (χ4n) is 2.09. The number of rotatable bonds is 6. The first-order chi connectivity index (χ1) is 10.0. The van der Waals surface area contributed by atoms with Crippen molar-refractivity contribution in [2.45, 2.75) is 26.5 Å². The van der Waals surface area contributed by atoms with Gasteiger partial charge >= 0.3 is 0 Å². The third-order valence-corrected chi connectivity index (χ3v) is 3.71. The van der Waals surface area contributed by atoms with Gasteiger partial charge in [-0.1, -0.05) is 56.3 Å². The molecule has 0 spiro atoms. The normalized spacial score (nSPS) is 13.0. The molecule has 21 heavy (non-hydrogen) atoms. The molecular weight excluding hydrogens is 262 g/mol. The van der Waals surface area contributed by atoms with E-state index in [1.165, 1.54) is 0 Å². The first-order valence-electron chi connectivity index (χ1n) is 7.16. The maximum absolute atomic E-state index is 9.44. The number of aliphatic hydroxyl groups excluding tert-OH is 1. The van der Waals surface area contributed by atoms with Gasteiger partial charge in [0, 0.05) is 18.1 Å². The van der Waals surface area contributed by atoms with Gasteiger partial charge in [-0.05, 0) is 23.3 Å². The van der Waals surface area contributed by atoms with E-state index in [1.807, 2.05) is 68.4 Å². The lowest BCUT2D eigenvalue weighted by Gasteiger charge is -2.29. The average molecular weight is 285 g/mol. The summed E-state index contributed by atoms with van der Waals surface area (Å²) in [5.41, 5.74) is 7.98. The lowest BCUT2D eigenvalue weighted by Crippen LogP contribution is -2.32. The SMILES string of the molecule is CC(C)(CO)[C@@H](N)c1cccc(OCc2ccccc2)c1. The van der Waals surface area contributed by atoms with Crippen LogP contribution in [-0.2, 0) is 6.61 Å². The smallest absolute Gasteiger partial charge is 0.120 e. The van der Waals surface area contributed by atoms with E-state index in [9.17, 15) is 5.11 Å². The van der Waals surface area contributed by atoms with Gasteiger partial charge < -0.3 is 15.6 Å². The molecule has 0 saturated carbocycles. The molecular formula is C18H23NO2. The highest BCUT2D eigenvalue weighted by Crippen LogP contribution is 2.32. The van der Waals surface area contributed by atoms with E-state index < -0.39 is 0 Å². The van der Waals surface area contributed by atoms with Crippen molar-refractivity contribution in [3.8, 4) is 5.75 Å². The van der Waals surface area contributed by atoms with Crippen molar-refractivity contribution in [1.82, 2.24) is 0 Å². The Balaban J connectivity index is 2.07. The van der Waals surface area contributed by atoms with Crippen molar-refractivity contribution in [2.75, 3.05) is 6.61 Å². The van der Waals surface area contributed by atoms with Crippen LogP contribution in [0.3, 0.4) is 0 Å². The Morgan fingerprint density at radius 1 is 1.10 bits per heavy atom. The molecule has 0 bridgehead atoms. The Morgan fingerprint density at radius 3 is 2.48 bits per heavy atom. The second-order valence-corrected chi connectivity index (χ2v) is 5.97. The summed E-state index contributed by atoms with van der Waals surface area (Å²) in [5.74, 6) is 0.792. The second kappa shape index (κ2) is 6.74. The van der Waals surface area contributed by atoms with Gasteiger partial charge in [0.25, 0.3) is 0 Å². The van der Waals surface area contributed by atoms with E-state index in [0.717, 1.165) is 16.9 Å². The molecule has 112 valence electrons. The van der Waals surface area contributed by atoms with Gasteiger partial charge in [0.1, 0.15) is 12.4 Å². The minimum atomic E-state index is -0.363. The van der Waals surface area contributed by atoms with E-state index in [4.69, 9.17) is 10.5 Å². The zero-order chi connectivity index (χ0) is 15.3. The Hall–Kier alpha value is -1.84. The summed E-state index contributed by atoms with van der Waals surface area (Å²) in [7, 11) is 0. The number of benzene rings is 2. The molecule has 0 unspecified atom stereocenters. The monoisotopic (exact) mass is 285 g/mol. The van der Waals surface area contributed by atoms with Gasteiger partial charge in [0.15, 0.2) is 0 Å². The fourth-order valence-corrected chi connectivity index (χ4v) is 2.09. The molecule has 0 radical (unpaired) electrons. The van der Waals surface area contributed by atoms with E-state index in [1.54, 1.807) is 0 Å². The zero-order valence-corrected chi connectivity index (χ0v) is 12.6. The van der Waals surface area contributed by atoms with Crippen LogP contribution in [-0.4, -0.2) is 11.7 Å². The fraction of sp³-hybridized carbons (Fsp3) is 0.333. The van der Waals surface area contributed by atoms with E-state index >= 15 is 0 Å². The van der Waals surface area contributed by atoms with Crippen molar-refractivity contribution >= 4 is 0 Å². The van der Waals surface area contributed by atoms with Gasteiger partial charge in [-0.3, -0.25) is 0 Å². The maximum Gasteiger partial charge on any atom is 0.120 e. The van der Waals surface area contributed by atoms with Crippen LogP contribution in [0.4, 0.5) is 0 Å². The zero-order valence-electron chi connectivity index (χ0n) is 12.6.